The lowest BCUT2D eigenvalue weighted by Gasteiger charge is -2.16. The van der Waals surface area contributed by atoms with Gasteiger partial charge in [0.2, 0.25) is 5.91 Å². The van der Waals surface area contributed by atoms with Gasteiger partial charge in [0.15, 0.2) is 5.84 Å². The van der Waals surface area contributed by atoms with Crippen LogP contribution in [0.3, 0.4) is 0 Å². The minimum absolute atomic E-state index is 0.0232. The normalized spacial score (nSPS) is 12.4. The second-order valence-electron chi connectivity index (χ2n) is 11.9. The van der Waals surface area contributed by atoms with Crippen LogP contribution in [0.5, 0.6) is 0 Å². The van der Waals surface area contributed by atoms with Crippen molar-refractivity contribution >= 4 is 17.5 Å². The highest BCUT2D eigenvalue weighted by atomic mass is 16.6. The quantitative estimate of drug-likeness (QED) is 0.0280. The summed E-state index contributed by atoms with van der Waals surface area (Å²) in [6, 6.07) is 0. The molecule has 0 fully saturated rings. The number of rotatable bonds is 31. The van der Waals surface area contributed by atoms with Gasteiger partial charge in [-0.25, -0.2) is 0 Å². The topological polar surface area (TPSA) is 128 Å². The number of amidine groups is 1. The van der Waals surface area contributed by atoms with Gasteiger partial charge in [-0.05, 0) is 25.7 Å². The van der Waals surface area contributed by atoms with Crippen LogP contribution in [0.2, 0.25) is 0 Å². The van der Waals surface area contributed by atoms with Crippen LogP contribution in [0.25, 0.3) is 0 Å². The number of unbranched alkanes of at least 4 members (excludes halogenated alkanes) is 18. The molecule has 41 heavy (non-hydrogen) atoms. The molecule has 0 saturated heterocycles. The van der Waals surface area contributed by atoms with Crippen molar-refractivity contribution in [2.24, 2.45) is 16.6 Å². The third kappa shape index (κ3) is 27.9. The minimum Gasteiger partial charge on any atom is -0.382 e. The molecule has 0 saturated carbocycles. The Morgan fingerprint density at radius 2 is 1.22 bits per heavy atom. The van der Waals surface area contributed by atoms with E-state index in [1.54, 1.807) is 0 Å². The Kier molecular flexibility index (Phi) is 28.1. The maximum absolute atomic E-state index is 12.8. The number of aliphatic imine (C=N–C) groups is 1. The average molecular weight is 581 g/mol. The number of nitro groups is 1. The summed E-state index contributed by atoms with van der Waals surface area (Å²) in [6.45, 7) is 5.04. The van der Waals surface area contributed by atoms with Gasteiger partial charge in [0, 0.05) is 36.8 Å². The lowest BCUT2D eigenvalue weighted by atomic mass is 9.93. The molecule has 1 amide bonds. The fourth-order valence-electron chi connectivity index (χ4n) is 5.21. The van der Waals surface area contributed by atoms with Crippen molar-refractivity contribution in [2.75, 3.05) is 19.6 Å². The Bertz CT molecular complexity index is 684. The van der Waals surface area contributed by atoms with Gasteiger partial charge in [0.25, 0.3) is 6.54 Å². The van der Waals surface area contributed by atoms with Crippen molar-refractivity contribution < 1.29 is 14.5 Å². The smallest absolute Gasteiger partial charge is 0.259 e. The summed E-state index contributed by atoms with van der Waals surface area (Å²) in [5, 5.41) is 13.5. The van der Waals surface area contributed by atoms with Gasteiger partial charge < -0.3 is 11.1 Å². The zero-order valence-corrected chi connectivity index (χ0v) is 26.8. The van der Waals surface area contributed by atoms with Gasteiger partial charge in [0.05, 0.1) is 0 Å². The fourth-order valence-corrected chi connectivity index (χ4v) is 5.21. The molecule has 0 aliphatic rings. The van der Waals surface area contributed by atoms with Crippen LogP contribution in [-0.4, -0.2) is 42.1 Å². The number of Topliss-reactive ketones (excluding diaryl/α,β-unsaturated/α-hetero) is 1. The summed E-state index contributed by atoms with van der Waals surface area (Å²) < 4.78 is 0. The molecule has 240 valence electrons. The molecule has 0 aromatic carbocycles. The van der Waals surface area contributed by atoms with Gasteiger partial charge in [-0.1, -0.05) is 129 Å². The Balaban J connectivity index is 4.13. The van der Waals surface area contributed by atoms with Crippen LogP contribution in [0.15, 0.2) is 4.99 Å². The van der Waals surface area contributed by atoms with Crippen LogP contribution in [-0.2, 0) is 9.59 Å². The van der Waals surface area contributed by atoms with E-state index in [0.29, 0.717) is 38.8 Å². The highest BCUT2D eigenvalue weighted by Crippen LogP contribution is 2.18. The highest BCUT2D eigenvalue weighted by molar-refractivity contribution is 5.86. The largest absolute Gasteiger partial charge is 0.382 e. The summed E-state index contributed by atoms with van der Waals surface area (Å²) in [5.41, 5.74) is 5.55. The van der Waals surface area contributed by atoms with Gasteiger partial charge >= 0.3 is 0 Å². The number of nitrogens with one attached hydrogen (secondary N) is 1. The second-order valence-corrected chi connectivity index (χ2v) is 11.9. The van der Waals surface area contributed by atoms with Crippen molar-refractivity contribution in [1.82, 2.24) is 5.32 Å². The molecular formula is C33H64N4O4. The zero-order valence-electron chi connectivity index (χ0n) is 26.8. The number of nitrogens with two attached hydrogens (primary N) is 1. The first-order chi connectivity index (χ1) is 19.9. The summed E-state index contributed by atoms with van der Waals surface area (Å²) in [4.78, 5) is 39.6. The number of amides is 1. The third-order valence-electron chi connectivity index (χ3n) is 7.80. The Labute approximate surface area is 251 Å². The van der Waals surface area contributed by atoms with Crippen LogP contribution in [0.4, 0.5) is 0 Å². The monoisotopic (exact) mass is 580 g/mol. The van der Waals surface area contributed by atoms with Gasteiger partial charge in [-0.3, -0.25) is 24.7 Å². The molecule has 0 aliphatic heterocycles. The van der Waals surface area contributed by atoms with Gasteiger partial charge in [-0.2, -0.15) is 0 Å². The van der Waals surface area contributed by atoms with E-state index in [2.05, 4.69) is 24.2 Å². The van der Waals surface area contributed by atoms with Crippen molar-refractivity contribution in [1.29, 1.82) is 0 Å². The Morgan fingerprint density at radius 1 is 0.732 bits per heavy atom. The molecule has 8 heteroatoms. The zero-order chi connectivity index (χ0) is 30.4. The van der Waals surface area contributed by atoms with Crippen molar-refractivity contribution in [3.05, 3.63) is 10.1 Å². The van der Waals surface area contributed by atoms with Gasteiger partial charge in [0.1, 0.15) is 5.78 Å². The van der Waals surface area contributed by atoms with Gasteiger partial charge in [-0.15, -0.1) is 0 Å². The average Bonchev–Trinajstić information content (AvgIpc) is 2.93. The molecule has 0 rings (SSSR count). The minimum atomic E-state index is -0.496. The van der Waals surface area contributed by atoms with Crippen molar-refractivity contribution in [2.45, 2.75) is 168 Å². The lowest BCUT2D eigenvalue weighted by Crippen LogP contribution is -2.33. The van der Waals surface area contributed by atoms with E-state index in [9.17, 15) is 19.7 Å². The molecule has 0 bridgehead atoms. The summed E-state index contributed by atoms with van der Waals surface area (Å²) in [6.07, 6.45) is 26.8. The molecule has 0 radical (unpaired) electrons. The second kappa shape index (κ2) is 29.5. The fraction of sp³-hybridized carbons (Fsp3) is 0.909. The highest BCUT2D eigenvalue weighted by Gasteiger charge is 2.21. The summed E-state index contributed by atoms with van der Waals surface area (Å²) in [7, 11) is 0. The van der Waals surface area contributed by atoms with Crippen LogP contribution in [0.1, 0.15) is 168 Å². The maximum atomic E-state index is 12.8. The van der Waals surface area contributed by atoms with Crippen molar-refractivity contribution in [3.63, 3.8) is 0 Å². The third-order valence-corrected chi connectivity index (χ3v) is 7.80. The first-order valence-corrected chi connectivity index (χ1v) is 17.1. The Hall–Kier alpha value is -1.99. The van der Waals surface area contributed by atoms with Crippen LogP contribution < -0.4 is 11.1 Å². The molecular weight excluding hydrogens is 516 g/mol. The van der Waals surface area contributed by atoms with E-state index in [-0.39, 0.29) is 23.4 Å². The van der Waals surface area contributed by atoms with E-state index in [1.807, 2.05) is 0 Å². The molecule has 0 unspecified atom stereocenters. The molecule has 0 aromatic heterocycles. The molecule has 0 heterocycles. The molecule has 1 atom stereocenters. The number of carbonyl (C=O) groups excluding carboxylic acids is 2. The van der Waals surface area contributed by atoms with E-state index < -0.39 is 11.5 Å². The number of carbonyl (C=O) groups is 2. The predicted molar refractivity (Wildman–Crippen MR) is 172 cm³/mol. The van der Waals surface area contributed by atoms with Crippen LogP contribution in [0, 0.1) is 16.0 Å². The van der Waals surface area contributed by atoms with Crippen molar-refractivity contribution in [3.8, 4) is 0 Å². The number of ketones is 1. The van der Waals surface area contributed by atoms with E-state index in [1.165, 1.54) is 83.5 Å². The van der Waals surface area contributed by atoms with E-state index in [0.717, 1.165) is 44.9 Å². The first kappa shape index (κ1) is 39.0. The Morgan fingerprint density at radius 3 is 1.73 bits per heavy atom. The summed E-state index contributed by atoms with van der Waals surface area (Å²) >= 11 is 0. The number of hydrogen-bond acceptors (Lipinski definition) is 5. The van der Waals surface area contributed by atoms with E-state index >= 15 is 0 Å². The number of hydrogen-bond donors (Lipinski definition) is 2. The first-order valence-electron chi connectivity index (χ1n) is 17.1. The molecule has 8 nitrogen and oxygen atoms in total. The molecule has 0 aromatic rings. The lowest BCUT2D eigenvalue weighted by molar-refractivity contribution is -0.463. The predicted octanol–water partition coefficient (Wildman–Crippen LogP) is 8.32. The van der Waals surface area contributed by atoms with Crippen LogP contribution >= 0.6 is 0 Å². The standard InChI is InChI=1S/C33H64N4O4/c1-3-5-7-9-10-11-12-13-14-15-16-17-18-19-20-25-31(38)28-30(33(39)36-27-22-8-6-4-2)24-21-23-26-35-32(34)29-37(40)41/h30H,3-29H2,1-2H3,(H2,34,35)(H,36,39)/t30-/m1/s1. The van der Waals surface area contributed by atoms with E-state index in [4.69, 9.17) is 5.73 Å². The SMILES string of the molecule is CCCCCCCCCCCCCCCCCC(=O)C[C@@H](CCCCN=C(N)C[N+](=O)[O-])C(=O)NCCCCCC. The molecule has 0 aliphatic carbocycles. The number of nitrogens with zero attached hydrogens (tertiary/aromatic N) is 2. The molecule has 0 spiro atoms. The maximum Gasteiger partial charge on any atom is 0.259 e. The molecule has 3 N–H and O–H groups in total. The summed E-state index contributed by atoms with van der Waals surface area (Å²) in [5.74, 6) is -0.137.